The number of piperidine rings is 1. The van der Waals surface area contributed by atoms with E-state index in [0.717, 1.165) is 54.9 Å². The monoisotopic (exact) mass is 451 g/mol. The maximum Gasteiger partial charge on any atom is 0.123 e. The number of thiazole rings is 1. The summed E-state index contributed by atoms with van der Waals surface area (Å²) in [6.07, 6.45) is 4.31. The molecule has 5 heteroatoms. The van der Waals surface area contributed by atoms with Crippen molar-refractivity contribution in [3.05, 3.63) is 57.7 Å². The average molecular weight is 452 g/mol. The quantitative estimate of drug-likeness (QED) is 0.458. The van der Waals surface area contributed by atoms with Crippen LogP contribution in [0, 0.1) is 0 Å². The van der Waals surface area contributed by atoms with E-state index in [1.165, 1.54) is 10.7 Å². The molecule has 1 aliphatic rings. The summed E-state index contributed by atoms with van der Waals surface area (Å²) in [7, 11) is 0. The van der Waals surface area contributed by atoms with Crippen LogP contribution in [0.5, 0.6) is 5.75 Å². The molecule has 3 aromatic rings. The molecule has 0 atom stereocenters. The van der Waals surface area contributed by atoms with Gasteiger partial charge in [0.25, 0.3) is 0 Å². The van der Waals surface area contributed by atoms with E-state index in [1.807, 2.05) is 6.20 Å². The Bertz CT molecular complexity index is 1010. The molecule has 0 bridgehead atoms. The van der Waals surface area contributed by atoms with Gasteiger partial charge >= 0.3 is 0 Å². The van der Waals surface area contributed by atoms with Crippen molar-refractivity contribution in [2.75, 3.05) is 13.1 Å². The third-order valence-corrected chi connectivity index (χ3v) is 7.54. The Morgan fingerprint density at radius 1 is 1.06 bits per heavy atom. The van der Waals surface area contributed by atoms with Crippen molar-refractivity contribution in [1.82, 2.24) is 14.9 Å². The van der Waals surface area contributed by atoms with Gasteiger partial charge in [0, 0.05) is 46.4 Å². The summed E-state index contributed by atoms with van der Waals surface area (Å²) in [4.78, 5) is 10.9. The first-order valence-electron chi connectivity index (χ1n) is 11.7. The number of nitrogens with one attached hydrogen (secondary N) is 1. The molecule has 32 heavy (non-hydrogen) atoms. The molecule has 0 unspecified atom stereocenters. The van der Waals surface area contributed by atoms with Gasteiger partial charge in [-0.3, -0.25) is 4.90 Å². The van der Waals surface area contributed by atoms with E-state index in [-0.39, 0.29) is 10.8 Å². The van der Waals surface area contributed by atoms with Crippen molar-refractivity contribution in [2.24, 2.45) is 0 Å². The Morgan fingerprint density at radius 2 is 1.69 bits per heavy atom. The van der Waals surface area contributed by atoms with Crippen molar-refractivity contribution < 1.29 is 5.11 Å². The number of phenols is 1. The SMILES string of the molecule is CC(C)(C)c1cc(-c2csc(C3CCN(Cc4ccc[nH]4)CC3)n2)cc(C(C)(C)C)c1O. The molecule has 1 saturated heterocycles. The Balaban J connectivity index is 1.55. The summed E-state index contributed by atoms with van der Waals surface area (Å²) < 4.78 is 0. The van der Waals surface area contributed by atoms with Crippen LogP contribution < -0.4 is 0 Å². The first-order valence-corrected chi connectivity index (χ1v) is 12.6. The molecule has 4 rings (SSSR count). The van der Waals surface area contributed by atoms with Gasteiger partial charge in [-0.25, -0.2) is 4.98 Å². The predicted molar refractivity (Wildman–Crippen MR) is 135 cm³/mol. The molecule has 1 fully saturated rings. The van der Waals surface area contributed by atoms with Crippen LogP contribution in [-0.2, 0) is 17.4 Å². The van der Waals surface area contributed by atoms with E-state index < -0.39 is 0 Å². The van der Waals surface area contributed by atoms with Gasteiger partial charge in [0.15, 0.2) is 0 Å². The molecule has 2 N–H and O–H groups in total. The van der Waals surface area contributed by atoms with Crippen LogP contribution >= 0.6 is 11.3 Å². The Hall–Kier alpha value is -2.11. The third-order valence-electron chi connectivity index (χ3n) is 6.54. The first-order chi connectivity index (χ1) is 15.0. The van der Waals surface area contributed by atoms with Crippen LogP contribution in [-0.4, -0.2) is 33.1 Å². The van der Waals surface area contributed by atoms with Crippen LogP contribution in [0.25, 0.3) is 11.3 Å². The first kappa shape index (κ1) is 23.1. The topological polar surface area (TPSA) is 52.2 Å². The molecule has 1 aromatic carbocycles. The van der Waals surface area contributed by atoms with Crippen LogP contribution in [0.1, 0.15) is 82.1 Å². The zero-order valence-corrected chi connectivity index (χ0v) is 21.1. The molecular formula is C27H37N3OS. The minimum absolute atomic E-state index is 0.134. The number of rotatable bonds is 4. The minimum Gasteiger partial charge on any atom is -0.507 e. The Labute approximate surface area is 196 Å². The van der Waals surface area contributed by atoms with Crippen molar-refractivity contribution in [2.45, 2.75) is 77.7 Å². The number of aromatic amines is 1. The lowest BCUT2D eigenvalue weighted by molar-refractivity contribution is 0.203. The molecular weight excluding hydrogens is 414 g/mol. The van der Waals surface area contributed by atoms with E-state index in [0.29, 0.717) is 11.7 Å². The molecule has 0 aliphatic carbocycles. The van der Waals surface area contributed by atoms with Gasteiger partial charge in [0.05, 0.1) is 10.7 Å². The molecule has 0 amide bonds. The fourth-order valence-electron chi connectivity index (χ4n) is 4.58. The zero-order chi connectivity index (χ0) is 23.1. The van der Waals surface area contributed by atoms with Gasteiger partial charge in [-0.05, 0) is 61.0 Å². The second-order valence-electron chi connectivity index (χ2n) is 11.2. The second kappa shape index (κ2) is 8.68. The summed E-state index contributed by atoms with van der Waals surface area (Å²) in [6.45, 7) is 16.2. The molecule has 1 aliphatic heterocycles. The van der Waals surface area contributed by atoms with Crippen LogP contribution in [0.4, 0.5) is 0 Å². The average Bonchev–Trinajstić information content (AvgIpc) is 3.39. The maximum atomic E-state index is 11.0. The van der Waals surface area contributed by atoms with E-state index in [2.05, 4.69) is 81.1 Å². The summed E-state index contributed by atoms with van der Waals surface area (Å²) >= 11 is 1.79. The molecule has 0 spiro atoms. The summed E-state index contributed by atoms with van der Waals surface area (Å²) in [5, 5.41) is 14.5. The normalized spacial score (nSPS) is 16.6. The number of hydrogen-bond acceptors (Lipinski definition) is 4. The molecule has 3 heterocycles. The smallest absolute Gasteiger partial charge is 0.123 e. The number of H-pyrrole nitrogens is 1. The van der Waals surface area contributed by atoms with Crippen LogP contribution in [0.15, 0.2) is 35.8 Å². The van der Waals surface area contributed by atoms with Crippen molar-refractivity contribution in [3.63, 3.8) is 0 Å². The number of likely N-dealkylation sites (tertiary alicyclic amines) is 1. The highest BCUT2D eigenvalue weighted by Crippen LogP contribution is 2.42. The van der Waals surface area contributed by atoms with Gasteiger partial charge in [-0.15, -0.1) is 11.3 Å². The molecule has 0 radical (unpaired) electrons. The van der Waals surface area contributed by atoms with Crippen LogP contribution in [0.3, 0.4) is 0 Å². The van der Waals surface area contributed by atoms with Crippen LogP contribution in [0.2, 0.25) is 0 Å². The highest BCUT2D eigenvalue weighted by atomic mass is 32.1. The van der Waals surface area contributed by atoms with Crippen molar-refractivity contribution in [3.8, 4) is 17.0 Å². The summed E-state index contributed by atoms with van der Waals surface area (Å²) in [6, 6.07) is 8.51. The predicted octanol–water partition coefficient (Wildman–Crippen LogP) is 6.82. The minimum atomic E-state index is -0.134. The lowest BCUT2D eigenvalue weighted by atomic mass is 9.78. The van der Waals surface area contributed by atoms with Gasteiger partial charge in [-0.2, -0.15) is 0 Å². The number of phenolic OH excluding ortho intramolecular Hbond substituents is 1. The van der Waals surface area contributed by atoms with Gasteiger partial charge in [0.1, 0.15) is 5.75 Å². The Morgan fingerprint density at radius 3 is 2.22 bits per heavy atom. The highest BCUT2D eigenvalue weighted by molar-refractivity contribution is 7.10. The second-order valence-corrected chi connectivity index (χ2v) is 12.1. The summed E-state index contributed by atoms with van der Waals surface area (Å²) in [5.74, 6) is 0.966. The van der Waals surface area contributed by atoms with E-state index in [1.54, 1.807) is 11.3 Å². The molecule has 172 valence electrons. The van der Waals surface area contributed by atoms with E-state index in [9.17, 15) is 5.11 Å². The van der Waals surface area contributed by atoms with E-state index in [4.69, 9.17) is 4.98 Å². The maximum absolute atomic E-state index is 11.0. The fraction of sp³-hybridized carbons (Fsp3) is 0.519. The van der Waals surface area contributed by atoms with Crippen molar-refractivity contribution in [1.29, 1.82) is 0 Å². The standard InChI is InChI=1S/C27H37N3OS/c1-26(2,3)21-14-19(15-22(24(21)31)27(4,5)6)23-17-32-25(29-23)18-9-12-30(13-10-18)16-20-8-7-11-28-20/h7-8,11,14-15,17-18,28,31H,9-10,12-13,16H2,1-6H3. The lowest BCUT2D eigenvalue weighted by Crippen LogP contribution is -2.32. The number of benzene rings is 1. The van der Waals surface area contributed by atoms with E-state index >= 15 is 0 Å². The van der Waals surface area contributed by atoms with Crippen molar-refractivity contribution >= 4 is 11.3 Å². The molecule has 4 nitrogen and oxygen atoms in total. The van der Waals surface area contributed by atoms with Gasteiger partial charge < -0.3 is 10.1 Å². The van der Waals surface area contributed by atoms with Gasteiger partial charge in [0.2, 0.25) is 0 Å². The molecule has 2 aromatic heterocycles. The highest BCUT2D eigenvalue weighted by Gasteiger charge is 2.28. The number of aromatic hydroxyl groups is 1. The number of nitrogens with zero attached hydrogens (tertiary/aromatic N) is 2. The Kier molecular flexibility index (Phi) is 6.25. The largest absolute Gasteiger partial charge is 0.507 e. The lowest BCUT2D eigenvalue weighted by Gasteiger charge is -2.30. The van der Waals surface area contributed by atoms with Gasteiger partial charge in [-0.1, -0.05) is 41.5 Å². The summed E-state index contributed by atoms with van der Waals surface area (Å²) in [5.41, 5.74) is 5.16. The molecule has 0 saturated carbocycles. The number of aromatic nitrogens is 2. The third kappa shape index (κ3) is 4.94. The zero-order valence-electron chi connectivity index (χ0n) is 20.3. The number of hydrogen-bond donors (Lipinski definition) is 2. The fourth-order valence-corrected chi connectivity index (χ4v) is 5.58.